The van der Waals surface area contributed by atoms with Gasteiger partial charge in [-0.05, 0) is 18.2 Å². The van der Waals surface area contributed by atoms with Gasteiger partial charge in [0, 0.05) is 13.0 Å². The Bertz CT molecular complexity index is 729. The van der Waals surface area contributed by atoms with Gasteiger partial charge in [0.2, 0.25) is 5.69 Å². The standard InChI is InChI=1S/C13H10N2O2S/c1-7(16)12-11(14)8-4-5-9(15-13(8)18-12)10-3-2-6-17-10/h2-6H,14H2,1H3/p+1. The highest BCUT2D eigenvalue weighted by atomic mass is 32.1. The highest BCUT2D eigenvalue weighted by molar-refractivity contribution is 7.20. The smallest absolute Gasteiger partial charge is 0.270 e. The van der Waals surface area contributed by atoms with Gasteiger partial charge in [-0.3, -0.25) is 4.79 Å². The van der Waals surface area contributed by atoms with E-state index in [1.54, 1.807) is 6.26 Å². The first-order valence-corrected chi connectivity index (χ1v) is 6.27. The van der Waals surface area contributed by atoms with Gasteiger partial charge in [-0.25, -0.2) is 0 Å². The molecule has 3 rings (SSSR count). The van der Waals surface area contributed by atoms with Gasteiger partial charge in [0.25, 0.3) is 4.83 Å². The van der Waals surface area contributed by atoms with Gasteiger partial charge >= 0.3 is 0 Å². The number of fused-ring (bicyclic) bond motifs is 1. The molecule has 3 heterocycles. The number of rotatable bonds is 2. The minimum absolute atomic E-state index is 0.0124. The molecule has 0 aromatic carbocycles. The third kappa shape index (κ3) is 1.60. The Morgan fingerprint density at radius 1 is 1.39 bits per heavy atom. The lowest BCUT2D eigenvalue weighted by molar-refractivity contribution is -0.329. The molecule has 0 amide bonds. The summed E-state index contributed by atoms with van der Waals surface area (Å²) in [6.45, 7) is 1.52. The number of hydrogen-bond acceptors (Lipinski definition) is 4. The van der Waals surface area contributed by atoms with Crippen LogP contribution in [0.25, 0.3) is 21.7 Å². The minimum Gasteiger partial charge on any atom is -0.458 e. The molecule has 0 atom stereocenters. The molecule has 18 heavy (non-hydrogen) atoms. The van der Waals surface area contributed by atoms with Crippen molar-refractivity contribution < 1.29 is 14.2 Å². The van der Waals surface area contributed by atoms with Crippen molar-refractivity contribution in [3.63, 3.8) is 0 Å². The minimum atomic E-state index is -0.0124. The first-order valence-electron chi connectivity index (χ1n) is 5.46. The number of carbonyl (C=O) groups is 1. The maximum absolute atomic E-state index is 11.4. The van der Waals surface area contributed by atoms with Crippen LogP contribution >= 0.6 is 11.3 Å². The monoisotopic (exact) mass is 259 g/mol. The zero-order valence-electron chi connectivity index (χ0n) is 9.69. The number of pyridine rings is 1. The van der Waals surface area contributed by atoms with Crippen molar-refractivity contribution in [1.82, 2.24) is 0 Å². The fraction of sp³-hybridized carbons (Fsp3) is 0.0769. The normalized spacial score (nSPS) is 10.9. The predicted octanol–water partition coefficient (Wildman–Crippen LogP) is 2.76. The quantitative estimate of drug-likeness (QED) is 0.719. The number of thiophene rings is 1. The fourth-order valence-electron chi connectivity index (χ4n) is 1.88. The van der Waals surface area contributed by atoms with E-state index in [1.807, 2.05) is 24.3 Å². The molecule has 0 fully saturated rings. The Hall–Kier alpha value is -2.14. The first kappa shape index (κ1) is 11.0. The third-order valence-corrected chi connectivity index (χ3v) is 3.99. The molecule has 0 bridgehead atoms. The van der Waals surface area contributed by atoms with E-state index >= 15 is 0 Å². The summed E-state index contributed by atoms with van der Waals surface area (Å²) in [6, 6.07) is 7.51. The van der Waals surface area contributed by atoms with Gasteiger partial charge in [0.05, 0.1) is 22.2 Å². The van der Waals surface area contributed by atoms with Crippen LogP contribution in [0.15, 0.2) is 34.9 Å². The van der Waals surface area contributed by atoms with Crippen LogP contribution in [-0.4, -0.2) is 5.78 Å². The molecule has 0 saturated heterocycles. The molecule has 0 spiro atoms. The number of nitrogens with two attached hydrogens (primary N) is 1. The summed E-state index contributed by atoms with van der Waals surface area (Å²) in [5.41, 5.74) is 7.37. The van der Waals surface area contributed by atoms with E-state index in [1.165, 1.54) is 18.3 Å². The highest BCUT2D eigenvalue weighted by Crippen LogP contribution is 2.32. The number of Topliss-reactive ketones (excluding diaryl/α,β-unsaturated/α-hetero) is 1. The van der Waals surface area contributed by atoms with Crippen molar-refractivity contribution in [2.24, 2.45) is 0 Å². The van der Waals surface area contributed by atoms with Gasteiger partial charge in [-0.15, -0.1) is 0 Å². The van der Waals surface area contributed by atoms with Crippen LogP contribution in [0.3, 0.4) is 0 Å². The van der Waals surface area contributed by atoms with Gasteiger partial charge in [-0.1, -0.05) is 11.3 Å². The Morgan fingerprint density at radius 3 is 2.89 bits per heavy atom. The van der Waals surface area contributed by atoms with Crippen molar-refractivity contribution in [1.29, 1.82) is 0 Å². The molecule has 4 nitrogen and oxygen atoms in total. The molecule has 0 aliphatic carbocycles. The van der Waals surface area contributed by atoms with E-state index in [0.717, 1.165) is 21.7 Å². The number of aromatic amines is 1. The maximum Gasteiger partial charge on any atom is 0.270 e. The summed E-state index contributed by atoms with van der Waals surface area (Å²) in [5.74, 6) is 0.745. The molecule has 3 N–H and O–H groups in total. The molecule has 0 aliphatic rings. The Labute approximate surface area is 107 Å². The van der Waals surface area contributed by atoms with E-state index in [0.29, 0.717) is 10.6 Å². The second-order valence-corrected chi connectivity index (χ2v) is 5.01. The van der Waals surface area contributed by atoms with Crippen molar-refractivity contribution >= 4 is 33.0 Å². The molecule has 0 aliphatic heterocycles. The van der Waals surface area contributed by atoms with Crippen LogP contribution in [0, 0.1) is 0 Å². The summed E-state index contributed by atoms with van der Waals surface area (Å²) >= 11 is 1.37. The average Bonchev–Trinajstić information content (AvgIpc) is 2.97. The van der Waals surface area contributed by atoms with Gasteiger partial charge in [0.1, 0.15) is 0 Å². The van der Waals surface area contributed by atoms with Crippen LogP contribution in [0.1, 0.15) is 16.6 Å². The number of carbonyl (C=O) groups excluding carboxylic acids is 1. The Balaban J connectivity index is 2.22. The molecule has 0 unspecified atom stereocenters. The van der Waals surface area contributed by atoms with Crippen LogP contribution in [0.2, 0.25) is 0 Å². The molecule has 5 heteroatoms. The van der Waals surface area contributed by atoms with E-state index in [9.17, 15) is 4.79 Å². The maximum atomic E-state index is 11.4. The number of hydrogen-bond donors (Lipinski definition) is 1. The summed E-state index contributed by atoms with van der Waals surface area (Å²) in [6.07, 6.45) is 1.62. The summed E-state index contributed by atoms with van der Waals surface area (Å²) in [4.78, 5) is 16.2. The van der Waals surface area contributed by atoms with Crippen LogP contribution in [0.5, 0.6) is 0 Å². The summed E-state index contributed by atoms with van der Waals surface area (Å²) in [7, 11) is 0. The zero-order chi connectivity index (χ0) is 12.7. The lowest BCUT2D eigenvalue weighted by Crippen LogP contribution is -2.05. The highest BCUT2D eigenvalue weighted by Gasteiger charge is 2.19. The first-order chi connectivity index (χ1) is 8.66. The van der Waals surface area contributed by atoms with E-state index in [4.69, 9.17) is 10.2 Å². The van der Waals surface area contributed by atoms with E-state index < -0.39 is 0 Å². The number of H-pyrrole nitrogens is 1. The van der Waals surface area contributed by atoms with Crippen LogP contribution in [0.4, 0.5) is 5.69 Å². The third-order valence-electron chi connectivity index (χ3n) is 2.75. The molecule has 3 aromatic rings. The fourth-order valence-corrected chi connectivity index (χ4v) is 2.90. The number of nitrogens with one attached hydrogen (secondary N) is 1. The second-order valence-electron chi connectivity index (χ2n) is 3.99. The van der Waals surface area contributed by atoms with Crippen molar-refractivity contribution in [2.75, 3.05) is 5.73 Å². The van der Waals surface area contributed by atoms with Crippen molar-refractivity contribution in [3.05, 3.63) is 35.4 Å². The predicted molar refractivity (Wildman–Crippen MR) is 70.5 cm³/mol. The van der Waals surface area contributed by atoms with Crippen molar-refractivity contribution in [2.45, 2.75) is 6.92 Å². The summed E-state index contributed by atoms with van der Waals surface area (Å²) < 4.78 is 5.33. The van der Waals surface area contributed by atoms with Crippen LogP contribution < -0.4 is 10.7 Å². The second kappa shape index (κ2) is 3.96. The van der Waals surface area contributed by atoms with Crippen LogP contribution in [-0.2, 0) is 0 Å². The lowest BCUT2D eigenvalue weighted by atomic mass is 10.2. The molecular weight excluding hydrogens is 248 g/mol. The zero-order valence-corrected chi connectivity index (χ0v) is 10.5. The number of anilines is 1. The molecule has 0 saturated carbocycles. The van der Waals surface area contributed by atoms with Gasteiger partial charge in [-0.2, -0.15) is 4.98 Å². The summed E-state index contributed by atoms with van der Waals surface area (Å²) in [5, 5.41) is 0.875. The topological polar surface area (TPSA) is 70.4 Å². The largest absolute Gasteiger partial charge is 0.458 e. The molecular formula is C13H11N2O2S+. The van der Waals surface area contributed by atoms with Crippen molar-refractivity contribution in [3.8, 4) is 11.5 Å². The Kier molecular flexibility index (Phi) is 2.41. The van der Waals surface area contributed by atoms with E-state index in [-0.39, 0.29) is 5.78 Å². The SMILES string of the molecule is CC(=O)c1sc2[nH+]c(-c3ccco3)ccc2c1N. The molecule has 3 aromatic heterocycles. The molecule has 90 valence electrons. The number of nitrogen functional groups attached to an aromatic ring is 1. The average molecular weight is 259 g/mol. The molecule has 0 radical (unpaired) electrons. The number of ketones is 1. The Morgan fingerprint density at radius 2 is 2.22 bits per heavy atom. The lowest BCUT2D eigenvalue weighted by Gasteiger charge is -1.91. The number of furan rings is 1. The van der Waals surface area contributed by atoms with E-state index in [2.05, 4.69) is 4.98 Å². The van der Waals surface area contributed by atoms with Gasteiger partial charge < -0.3 is 10.2 Å². The van der Waals surface area contributed by atoms with Gasteiger partial charge in [0.15, 0.2) is 11.5 Å². The number of aromatic nitrogens is 1.